The molecular weight excluding hydrogens is 593 g/mol. The van der Waals surface area contributed by atoms with Crippen molar-refractivity contribution in [2.75, 3.05) is 33.0 Å². The summed E-state index contributed by atoms with van der Waals surface area (Å²) in [7, 11) is 0. The number of morpholine rings is 1. The maximum atomic E-state index is 14.2. The van der Waals surface area contributed by atoms with Crippen molar-refractivity contribution in [3.8, 4) is 0 Å². The quantitative estimate of drug-likeness (QED) is 0.279. The molecule has 1 saturated heterocycles. The molecule has 5 rings (SSSR count). The predicted molar refractivity (Wildman–Crippen MR) is 158 cm³/mol. The first-order chi connectivity index (χ1) is 21.5. The van der Waals surface area contributed by atoms with Crippen LogP contribution in [0.15, 0.2) is 42.5 Å². The maximum absolute atomic E-state index is 14.2. The summed E-state index contributed by atoms with van der Waals surface area (Å²) in [6, 6.07) is 12.6. The topological polar surface area (TPSA) is 125 Å². The van der Waals surface area contributed by atoms with Crippen LogP contribution in [0.3, 0.4) is 0 Å². The molecule has 2 aliphatic rings. The molecule has 11 nitrogen and oxygen atoms in total. The predicted octanol–water partition coefficient (Wildman–Crippen LogP) is 4.13. The number of rotatable bonds is 13. The molecule has 0 unspecified atom stereocenters. The van der Waals surface area contributed by atoms with E-state index in [1.165, 1.54) is 0 Å². The van der Waals surface area contributed by atoms with Gasteiger partial charge in [-0.1, -0.05) is 30.3 Å². The van der Waals surface area contributed by atoms with E-state index in [-0.39, 0.29) is 38.3 Å². The Bertz CT molecular complexity index is 1470. The lowest BCUT2D eigenvalue weighted by molar-refractivity contribution is -0.184. The molecule has 1 saturated carbocycles. The Hall–Kier alpha value is -3.75. The molecule has 3 aromatic rings. The smallest absolute Gasteiger partial charge is 0.411 e. The number of carbonyl (C=O) groups excluding carboxylic acids is 2. The number of halogens is 3. The molecule has 45 heavy (non-hydrogen) atoms. The molecule has 2 amide bonds. The number of benzene rings is 1. The summed E-state index contributed by atoms with van der Waals surface area (Å²) in [4.78, 5) is 33.7. The first-order valence-electron chi connectivity index (χ1n) is 15.1. The molecule has 1 aromatic carbocycles. The van der Waals surface area contributed by atoms with Crippen molar-refractivity contribution in [2.24, 2.45) is 5.73 Å². The maximum Gasteiger partial charge on any atom is 0.411 e. The number of primary amides is 1. The molecule has 3 atom stereocenters. The third kappa shape index (κ3) is 8.50. The van der Waals surface area contributed by atoms with E-state index in [0.29, 0.717) is 30.9 Å². The number of amides is 2. The van der Waals surface area contributed by atoms with Crippen LogP contribution in [0.25, 0.3) is 11.0 Å². The lowest BCUT2D eigenvalue weighted by Crippen LogP contribution is -2.56. The van der Waals surface area contributed by atoms with Crippen molar-refractivity contribution in [2.45, 2.75) is 76.6 Å². The highest BCUT2D eigenvalue weighted by molar-refractivity contribution is 5.84. The first-order valence-corrected chi connectivity index (χ1v) is 15.1. The fourth-order valence-corrected chi connectivity index (χ4v) is 5.73. The highest BCUT2D eigenvalue weighted by Gasteiger charge is 2.43. The van der Waals surface area contributed by atoms with Crippen LogP contribution < -0.4 is 5.73 Å². The summed E-state index contributed by atoms with van der Waals surface area (Å²) in [5, 5.41) is 5.69. The second kappa shape index (κ2) is 14.1. The van der Waals surface area contributed by atoms with E-state index in [2.05, 4.69) is 0 Å². The van der Waals surface area contributed by atoms with Gasteiger partial charge in [0.15, 0.2) is 5.65 Å². The highest BCUT2D eigenvalue weighted by Crippen LogP contribution is 2.37. The Morgan fingerprint density at radius 2 is 1.93 bits per heavy atom. The van der Waals surface area contributed by atoms with Gasteiger partial charge in [0.25, 0.3) is 5.91 Å². The largest absolute Gasteiger partial charge is 0.450 e. The number of ether oxygens (including phenoxy) is 3. The number of nitrogens with two attached hydrogens (primary N) is 1. The molecule has 0 radical (unpaired) electrons. The number of aryl methyl sites for hydroxylation is 2. The molecule has 0 bridgehead atoms. The molecule has 3 heterocycles. The van der Waals surface area contributed by atoms with Gasteiger partial charge in [-0.15, -0.1) is 0 Å². The van der Waals surface area contributed by atoms with Gasteiger partial charge in [0.2, 0.25) is 0 Å². The van der Waals surface area contributed by atoms with E-state index in [1.807, 2.05) is 66.1 Å². The van der Waals surface area contributed by atoms with Gasteiger partial charge in [0.1, 0.15) is 12.7 Å². The van der Waals surface area contributed by atoms with Gasteiger partial charge < -0.3 is 24.8 Å². The van der Waals surface area contributed by atoms with Crippen LogP contribution in [-0.2, 0) is 32.1 Å². The van der Waals surface area contributed by atoms with Crippen LogP contribution in [0.5, 0.6) is 0 Å². The number of carbonyl (C=O) groups is 2. The minimum atomic E-state index is -4.43. The van der Waals surface area contributed by atoms with Gasteiger partial charge in [-0.25, -0.2) is 14.5 Å². The monoisotopic (exact) mass is 632 g/mol. The SMILES string of the molecule is Cc1ccc2c([C@@H](C)N(C(=O)[C@H]3CN(Cc4ccccc4)[C@@H](COCC(F)(F)F)CO3)C3CC3)nn(CCCOC(N)=O)c2n1. The number of aromatic nitrogens is 3. The average Bonchev–Trinajstić information content (AvgIpc) is 3.76. The molecule has 2 aromatic heterocycles. The van der Waals surface area contributed by atoms with E-state index in [1.54, 1.807) is 4.68 Å². The standard InChI is InChI=1S/C31H39F3N6O5/c1-20-9-12-25-27(37-39(28(25)36-20)13-6-14-44-30(35)42)21(2)40(23-10-11-23)29(41)26-16-38(15-22-7-4-3-5-8-22)24(18-45-26)17-43-19-31(32,33)34/h3-5,7-9,12,21,23-24,26H,6,10-11,13-19H2,1-2H3,(H2,35,42)/t21-,24+,26-/m1/s1. The van der Waals surface area contributed by atoms with Crippen LogP contribution in [0.2, 0.25) is 0 Å². The summed E-state index contributed by atoms with van der Waals surface area (Å²) < 4.78 is 56.0. The Morgan fingerprint density at radius 3 is 2.62 bits per heavy atom. The minimum Gasteiger partial charge on any atom is -0.450 e. The Balaban J connectivity index is 1.35. The van der Waals surface area contributed by atoms with Crippen LogP contribution in [0.1, 0.15) is 49.2 Å². The average molecular weight is 633 g/mol. The van der Waals surface area contributed by atoms with Gasteiger partial charge in [-0.2, -0.15) is 18.3 Å². The zero-order chi connectivity index (χ0) is 32.1. The fourth-order valence-electron chi connectivity index (χ4n) is 5.73. The van der Waals surface area contributed by atoms with Gasteiger partial charge >= 0.3 is 12.3 Å². The van der Waals surface area contributed by atoms with E-state index in [4.69, 9.17) is 30.0 Å². The van der Waals surface area contributed by atoms with Crippen LogP contribution >= 0.6 is 0 Å². The normalized spacial score (nSPS) is 19.8. The van der Waals surface area contributed by atoms with E-state index < -0.39 is 37.1 Å². The fraction of sp³-hybridized carbons (Fsp3) is 0.548. The highest BCUT2D eigenvalue weighted by atomic mass is 19.4. The number of nitrogens with zero attached hydrogens (tertiary/aromatic N) is 5. The van der Waals surface area contributed by atoms with Crippen molar-refractivity contribution in [3.05, 3.63) is 59.4 Å². The third-order valence-electron chi connectivity index (χ3n) is 8.02. The van der Waals surface area contributed by atoms with Crippen molar-refractivity contribution in [3.63, 3.8) is 0 Å². The van der Waals surface area contributed by atoms with Crippen molar-refractivity contribution >= 4 is 23.0 Å². The van der Waals surface area contributed by atoms with Gasteiger partial charge in [-0.3, -0.25) is 9.69 Å². The summed E-state index contributed by atoms with van der Waals surface area (Å²) >= 11 is 0. The number of hydrogen-bond acceptors (Lipinski definition) is 8. The lowest BCUT2D eigenvalue weighted by atomic mass is 10.1. The summed E-state index contributed by atoms with van der Waals surface area (Å²) in [5.74, 6) is -0.185. The number of fused-ring (bicyclic) bond motifs is 1. The summed E-state index contributed by atoms with van der Waals surface area (Å²) in [6.07, 6.45) is -3.89. The van der Waals surface area contributed by atoms with Gasteiger partial charge in [0, 0.05) is 43.2 Å². The molecular formula is C31H39F3N6O5. The van der Waals surface area contributed by atoms with Gasteiger partial charge in [0.05, 0.1) is 37.6 Å². The van der Waals surface area contributed by atoms with Crippen molar-refractivity contribution < 1.29 is 37.0 Å². The Morgan fingerprint density at radius 1 is 1.18 bits per heavy atom. The second-order valence-corrected chi connectivity index (χ2v) is 11.6. The summed E-state index contributed by atoms with van der Waals surface area (Å²) in [6.45, 7) is 3.59. The van der Waals surface area contributed by atoms with Crippen molar-refractivity contribution in [1.29, 1.82) is 0 Å². The van der Waals surface area contributed by atoms with Gasteiger partial charge in [-0.05, 0) is 44.4 Å². The van der Waals surface area contributed by atoms with Crippen LogP contribution in [0, 0.1) is 6.92 Å². The number of pyridine rings is 1. The Kier molecular flexibility index (Phi) is 10.2. The molecule has 2 fully saturated rings. The molecule has 1 aliphatic heterocycles. The minimum absolute atomic E-state index is 0.0223. The molecule has 1 aliphatic carbocycles. The second-order valence-electron chi connectivity index (χ2n) is 11.6. The van der Waals surface area contributed by atoms with E-state index in [0.717, 1.165) is 29.5 Å². The number of alkyl halides is 3. The first kappa shape index (κ1) is 32.6. The third-order valence-corrected chi connectivity index (χ3v) is 8.02. The summed E-state index contributed by atoms with van der Waals surface area (Å²) in [5.41, 5.74) is 8.24. The Labute approximate surface area is 259 Å². The molecule has 244 valence electrons. The zero-order valence-corrected chi connectivity index (χ0v) is 25.4. The van der Waals surface area contributed by atoms with E-state index in [9.17, 15) is 22.8 Å². The molecule has 0 spiro atoms. The van der Waals surface area contributed by atoms with Crippen LogP contribution in [-0.4, -0.2) is 93.9 Å². The van der Waals surface area contributed by atoms with E-state index >= 15 is 0 Å². The molecule has 14 heteroatoms. The zero-order valence-electron chi connectivity index (χ0n) is 25.4. The number of hydrogen-bond donors (Lipinski definition) is 1. The lowest BCUT2D eigenvalue weighted by Gasteiger charge is -2.41. The molecule has 2 N–H and O–H groups in total. The van der Waals surface area contributed by atoms with Crippen molar-refractivity contribution in [1.82, 2.24) is 24.6 Å². The van der Waals surface area contributed by atoms with Crippen LogP contribution in [0.4, 0.5) is 18.0 Å².